The molecule has 4 atom stereocenters. The molecule has 1 aromatic carbocycles. The normalized spacial score (nSPS) is 26.1. The van der Waals surface area contributed by atoms with Gasteiger partial charge in [-0.05, 0) is 102 Å². The maximum Gasteiger partial charge on any atom is 0.411 e. The second-order valence-corrected chi connectivity index (χ2v) is 14.4. The van der Waals surface area contributed by atoms with Crippen molar-refractivity contribution in [3.63, 3.8) is 0 Å². The van der Waals surface area contributed by atoms with Gasteiger partial charge in [0.05, 0.1) is 30.5 Å². The lowest BCUT2D eigenvalue weighted by Gasteiger charge is -2.63. The summed E-state index contributed by atoms with van der Waals surface area (Å²) in [4.78, 5) is 34.0. The van der Waals surface area contributed by atoms with Gasteiger partial charge in [-0.1, -0.05) is 6.07 Å². The Bertz CT molecular complexity index is 1710. The number of hydrogen-bond acceptors (Lipinski definition) is 8. The second-order valence-electron chi connectivity index (χ2n) is 14.4. The number of carbonyl (C=O) groups is 1. The summed E-state index contributed by atoms with van der Waals surface area (Å²) in [6.45, 7) is 9.37. The van der Waals surface area contributed by atoms with Crippen LogP contribution in [0.25, 0.3) is 22.5 Å². The molecule has 2 aliphatic heterocycles. The Kier molecular flexibility index (Phi) is 7.84. The molecule has 1 amide bonds. The number of aromatic nitrogens is 4. The minimum Gasteiger partial charge on any atom is -0.496 e. The average Bonchev–Trinajstić information content (AvgIpc) is 3.82. The molecule has 3 aromatic rings. The van der Waals surface area contributed by atoms with Gasteiger partial charge in [-0.15, -0.1) is 10.2 Å². The first-order valence-corrected chi connectivity index (χ1v) is 15.9. The Labute approximate surface area is 267 Å². The van der Waals surface area contributed by atoms with Gasteiger partial charge in [0.25, 0.3) is 5.56 Å². The van der Waals surface area contributed by atoms with Crippen molar-refractivity contribution >= 4 is 11.9 Å². The third kappa shape index (κ3) is 5.60. The van der Waals surface area contributed by atoms with Crippen LogP contribution in [-0.4, -0.2) is 72.8 Å². The molecule has 10 nitrogen and oxygen atoms in total. The standard InChI is InChI=1S/C34H42F2N6O4/c1-32(2,3)46-31(44)42-33(4)13-8-14-34(42,5)29(36)24(18-33)41(22-10-11-22)27-19-37-30(39-38-27)23-12-9-20(15-25(23)45-7)21-16-26(35)40(6)28(43)17-21/h9,12,15-17,19,22,24,29H,8,10-11,13-14,18H2,1-7H3/t24-,29-,33-,34+/m1/s1. The first-order chi connectivity index (χ1) is 21.6. The Morgan fingerprint density at radius 3 is 2.43 bits per heavy atom. The first kappa shape index (κ1) is 31.9. The quantitative estimate of drug-likeness (QED) is 0.301. The van der Waals surface area contributed by atoms with Gasteiger partial charge in [-0.3, -0.25) is 14.3 Å². The van der Waals surface area contributed by atoms with Crippen molar-refractivity contribution in [2.75, 3.05) is 12.0 Å². The summed E-state index contributed by atoms with van der Waals surface area (Å²) in [5, 5.41) is 8.99. The predicted octanol–water partition coefficient (Wildman–Crippen LogP) is 6.07. The number of halogens is 2. The molecule has 0 N–H and O–H groups in total. The van der Waals surface area contributed by atoms with Gasteiger partial charge in [0.1, 0.15) is 17.5 Å². The molecule has 2 saturated heterocycles. The van der Waals surface area contributed by atoms with Crippen LogP contribution in [0.5, 0.6) is 5.75 Å². The van der Waals surface area contributed by atoms with Crippen molar-refractivity contribution in [2.45, 2.75) is 108 Å². The first-order valence-electron chi connectivity index (χ1n) is 15.9. The van der Waals surface area contributed by atoms with Crippen LogP contribution >= 0.6 is 0 Å². The molecule has 3 fully saturated rings. The highest BCUT2D eigenvalue weighted by molar-refractivity contribution is 5.73. The minimum absolute atomic E-state index is 0.110. The number of carbonyl (C=O) groups excluding carboxylic acids is 1. The topological polar surface area (TPSA) is 103 Å². The van der Waals surface area contributed by atoms with E-state index in [9.17, 15) is 14.0 Å². The van der Waals surface area contributed by atoms with Gasteiger partial charge in [-0.2, -0.15) is 4.39 Å². The predicted molar refractivity (Wildman–Crippen MR) is 170 cm³/mol. The van der Waals surface area contributed by atoms with E-state index >= 15 is 4.39 Å². The van der Waals surface area contributed by atoms with Crippen LogP contribution in [0.15, 0.2) is 41.3 Å². The van der Waals surface area contributed by atoms with Crippen LogP contribution in [0, 0.1) is 5.95 Å². The molecule has 12 heteroatoms. The van der Waals surface area contributed by atoms with Crippen LogP contribution in [0.3, 0.4) is 0 Å². The summed E-state index contributed by atoms with van der Waals surface area (Å²) in [5.41, 5.74) is -1.18. The van der Waals surface area contributed by atoms with Gasteiger partial charge >= 0.3 is 6.09 Å². The number of benzene rings is 1. The fourth-order valence-corrected chi connectivity index (χ4v) is 7.38. The summed E-state index contributed by atoms with van der Waals surface area (Å²) in [5.74, 6) is 0.581. The van der Waals surface area contributed by atoms with Crippen molar-refractivity contribution in [3.05, 3.63) is 52.8 Å². The molecule has 0 unspecified atom stereocenters. The largest absolute Gasteiger partial charge is 0.496 e. The van der Waals surface area contributed by atoms with Gasteiger partial charge in [-0.25, -0.2) is 14.2 Å². The van der Waals surface area contributed by atoms with Crippen molar-refractivity contribution in [1.29, 1.82) is 0 Å². The number of methoxy groups -OCH3 is 1. The number of ether oxygens (including phenoxy) is 2. The summed E-state index contributed by atoms with van der Waals surface area (Å²) >= 11 is 0. The molecule has 246 valence electrons. The van der Waals surface area contributed by atoms with E-state index in [1.54, 1.807) is 29.3 Å². The fourth-order valence-electron chi connectivity index (χ4n) is 7.38. The van der Waals surface area contributed by atoms with Gasteiger partial charge in [0, 0.05) is 24.7 Å². The number of hydrogen-bond donors (Lipinski definition) is 0. The fraction of sp³-hybridized carbons (Fsp3) is 0.559. The van der Waals surface area contributed by atoms with E-state index in [2.05, 4.69) is 15.2 Å². The maximum atomic E-state index is 16.9. The lowest BCUT2D eigenvalue weighted by Crippen LogP contribution is -2.75. The number of nitrogens with zero attached hydrogens (tertiary/aromatic N) is 6. The van der Waals surface area contributed by atoms with E-state index in [1.807, 2.05) is 39.5 Å². The van der Waals surface area contributed by atoms with E-state index in [0.29, 0.717) is 46.9 Å². The number of piperidine rings is 2. The summed E-state index contributed by atoms with van der Waals surface area (Å²) < 4.78 is 43.5. The molecule has 2 aromatic heterocycles. The van der Waals surface area contributed by atoms with Crippen molar-refractivity contribution in [3.8, 4) is 28.3 Å². The SMILES string of the molecule is COc1cc(-c2cc(F)n(C)c(=O)c2)ccc1-c1ncc(N(C2CC2)[C@@H]2C[C@@]3(C)CCC[C@@](C)([C@@H]2F)N3C(=O)OC(C)(C)C)nn1. The van der Waals surface area contributed by atoms with E-state index in [0.717, 1.165) is 30.3 Å². The number of fused-ring (bicyclic) bond motifs is 2. The van der Waals surface area contributed by atoms with Crippen molar-refractivity contribution in [1.82, 2.24) is 24.6 Å². The molecule has 46 heavy (non-hydrogen) atoms. The van der Waals surface area contributed by atoms with E-state index in [-0.39, 0.29) is 6.04 Å². The molecular weight excluding hydrogens is 594 g/mol. The highest BCUT2D eigenvalue weighted by Gasteiger charge is 2.63. The Hall–Kier alpha value is -4.09. The smallest absolute Gasteiger partial charge is 0.411 e. The van der Waals surface area contributed by atoms with Crippen LogP contribution in [0.4, 0.5) is 19.4 Å². The summed E-state index contributed by atoms with van der Waals surface area (Å²) in [6, 6.07) is 7.43. The number of pyridine rings is 1. The summed E-state index contributed by atoms with van der Waals surface area (Å²) in [7, 11) is 2.88. The average molecular weight is 637 g/mol. The maximum absolute atomic E-state index is 16.9. The van der Waals surface area contributed by atoms with Crippen LogP contribution in [0.1, 0.15) is 73.1 Å². The lowest BCUT2D eigenvalue weighted by molar-refractivity contribution is -0.127. The minimum atomic E-state index is -1.34. The van der Waals surface area contributed by atoms with Crippen molar-refractivity contribution < 1.29 is 23.0 Å². The zero-order valence-corrected chi connectivity index (χ0v) is 27.5. The number of amides is 1. The van der Waals surface area contributed by atoms with E-state index < -0.39 is 46.5 Å². The Morgan fingerprint density at radius 2 is 1.83 bits per heavy atom. The van der Waals surface area contributed by atoms with Crippen LogP contribution < -0.4 is 15.2 Å². The monoisotopic (exact) mass is 636 g/mol. The zero-order valence-electron chi connectivity index (χ0n) is 27.5. The molecular formula is C34H42F2N6O4. The second kappa shape index (κ2) is 11.3. The third-order valence-electron chi connectivity index (χ3n) is 9.70. The number of anilines is 1. The van der Waals surface area contributed by atoms with E-state index in [4.69, 9.17) is 9.47 Å². The van der Waals surface area contributed by atoms with Gasteiger partial charge in [0.15, 0.2) is 17.6 Å². The Balaban J connectivity index is 1.30. The molecule has 3 aliphatic rings. The van der Waals surface area contributed by atoms with Gasteiger partial charge in [0.2, 0.25) is 0 Å². The third-order valence-corrected chi connectivity index (χ3v) is 9.70. The highest BCUT2D eigenvalue weighted by Crippen LogP contribution is 2.52. The lowest BCUT2D eigenvalue weighted by atomic mass is 9.66. The molecule has 0 radical (unpaired) electrons. The zero-order chi connectivity index (χ0) is 33.2. The highest BCUT2D eigenvalue weighted by atomic mass is 19.1. The molecule has 1 saturated carbocycles. The molecule has 6 rings (SSSR count). The Morgan fingerprint density at radius 1 is 1.09 bits per heavy atom. The summed E-state index contributed by atoms with van der Waals surface area (Å²) in [6.07, 6.45) is 4.19. The molecule has 0 spiro atoms. The van der Waals surface area contributed by atoms with Crippen molar-refractivity contribution in [2.24, 2.45) is 7.05 Å². The number of alkyl halides is 1. The van der Waals surface area contributed by atoms with E-state index in [1.165, 1.54) is 26.3 Å². The van der Waals surface area contributed by atoms with Crippen LogP contribution in [0.2, 0.25) is 0 Å². The molecule has 4 heterocycles. The van der Waals surface area contributed by atoms with Crippen LogP contribution in [-0.2, 0) is 11.8 Å². The van der Waals surface area contributed by atoms with Gasteiger partial charge < -0.3 is 14.4 Å². The number of rotatable bonds is 6. The molecule has 1 aliphatic carbocycles. The molecule has 2 bridgehead atoms.